The molecule has 3 aliphatic rings. The zero-order valence-corrected chi connectivity index (χ0v) is 34.1. The summed E-state index contributed by atoms with van der Waals surface area (Å²) in [5.74, 6) is -1.02. The van der Waals surface area contributed by atoms with Gasteiger partial charge in [-0.25, -0.2) is 0 Å². The van der Waals surface area contributed by atoms with Gasteiger partial charge in [-0.05, 0) is 124 Å². The van der Waals surface area contributed by atoms with E-state index >= 15 is 0 Å². The highest BCUT2D eigenvalue weighted by atomic mass is 32.1. The summed E-state index contributed by atoms with van der Waals surface area (Å²) in [5, 5.41) is 11.7. The van der Waals surface area contributed by atoms with Crippen LogP contribution in [-0.4, -0.2) is 82.7 Å². The number of anilines is 2. The van der Waals surface area contributed by atoms with Crippen LogP contribution in [0.5, 0.6) is 0 Å². The predicted molar refractivity (Wildman–Crippen MR) is 219 cm³/mol. The summed E-state index contributed by atoms with van der Waals surface area (Å²) in [6.45, 7) is 11.4. The highest BCUT2D eigenvalue weighted by Gasteiger charge is 2.51. The number of nitrogens with one attached hydrogen (secondary N) is 1. The highest BCUT2D eigenvalue weighted by Crippen LogP contribution is 2.40. The lowest BCUT2D eigenvalue weighted by atomic mass is 9.90. The first-order valence-electron chi connectivity index (χ1n) is 19.8. The minimum absolute atomic E-state index is 0.0444. The van der Waals surface area contributed by atoms with Gasteiger partial charge in [0.1, 0.15) is 5.54 Å². The summed E-state index contributed by atoms with van der Waals surface area (Å²) < 4.78 is 41.4. The number of carbonyl (C=O) groups is 4. The molecule has 306 valence electrons. The maximum atomic E-state index is 13.8. The van der Waals surface area contributed by atoms with Crippen LogP contribution in [0, 0.1) is 17.2 Å². The number of hydrogen-bond acceptors (Lipinski definition) is 8. The van der Waals surface area contributed by atoms with E-state index in [-0.39, 0.29) is 40.4 Å². The van der Waals surface area contributed by atoms with Crippen LogP contribution in [0.3, 0.4) is 0 Å². The predicted octanol–water partition coefficient (Wildman–Crippen LogP) is 6.40. The van der Waals surface area contributed by atoms with Crippen LogP contribution in [0.1, 0.15) is 80.3 Å². The summed E-state index contributed by atoms with van der Waals surface area (Å²) in [7, 11) is 0. The van der Waals surface area contributed by atoms with Crippen molar-refractivity contribution in [2.24, 2.45) is 5.92 Å². The molecular weight excluding hydrogens is 766 g/mol. The number of piperidine rings is 1. The molecule has 1 N–H and O–H groups in total. The fourth-order valence-corrected chi connectivity index (χ4v) is 8.90. The molecule has 3 amide bonds. The van der Waals surface area contributed by atoms with Gasteiger partial charge in [-0.15, -0.1) is 0 Å². The monoisotopic (exact) mass is 814 g/mol. The highest BCUT2D eigenvalue weighted by molar-refractivity contribution is 7.81. The molecule has 0 aliphatic carbocycles. The normalized spacial score (nSPS) is 20.4. The van der Waals surface area contributed by atoms with Crippen molar-refractivity contribution in [3.63, 3.8) is 0 Å². The van der Waals surface area contributed by atoms with Gasteiger partial charge in [-0.3, -0.25) is 34.3 Å². The first-order chi connectivity index (χ1) is 27.5. The molecule has 0 aromatic heterocycles. The SMILES string of the molecule is CCc1cc(N2C(=S)N(c3ccc(C#N)c(C(F)(F)F)c3)C(=O)C2(C)C)ccc1CCCN1CCN(CC(=O)Cc2cccc(CC3CCC(=O)NC3=O)c2)[C@@H](C)C1. The summed E-state index contributed by atoms with van der Waals surface area (Å²) in [6, 6.07) is 18.7. The van der Waals surface area contributed by atoms with Gasteiger partial charge in [-0.2, -0.15) is 18.4 Å². The van der Waals surface area contributed by atoms with Gasteiger partial charge in [-0.1, -0.05) is 37.3 Å². The van der Waals surface area contributed by atoms with Crippen molar-refractivity contribution < 1.29 is 32.3 Å². The summed E-state index contributed by atoms with van der Waals surface area (Å²) in [6.07, 6.45) is -0.533. The third-order valence-electron chi connectivity index (χ3n) is 11.6. The Balaban J connectivity index is 1.01. The van der Waals surface area contributed by atoms with E-state index in [0.717, 1.165) is 79.2 Å². The number of benzene rings is 3. The lowest BCUT2D eigenvalue weighted by Gasteiger charge is -2.39. The second-order valence-corrected chi connectivity index (χ2v) is 16.4. The summed E-state index contributed by atoms with van der Waals surface area (Å²) >= 11 is 5.75. The number of thiocarbonyl (C=S) groups is 1. The third kappa shape index (κ3) is 9.33. The fraction of sp³-hybridized carbons (Fsp3) is 0.455. The Kier molecular flexibility index (Phi) is 12.9. The van der Waals surface area contributed by atoms with Crippen molar-refractivity contribution in [2.75, 3.05) is 42.5 Å². The molecule has 3 fully saturated rings. The molecule has 1 unspecified atom stereocenters. The Morgan fingerprint density at radius 3 is 2.43 bits per heavy atom. The summed E-state index contributed by atoms with van der Waals surface area (Å²) in [4.78, 5) is 58.1. The van der Waals surface area contributed by atoms with Gasteiger partial charge < -0.3 is 9.80 Å². The van der Waals surface area contributed by atoms with E-state index < -0.39 is 28.7 Å². The molecule has 0 radical (unpaired) electrons. The number of imide groups is 1. The van der Waals surface area contributed by atoms with Crippen LogP contribution < -0.4 is 15.1 Å². The molecule has 0 spiro atoms. The maximum absolute atomic E-state index is 13.8. The van der Waals surface area contributed by atoms with Crippen molar-refractivity contribution in [3.8, 4) is 6.07 Å². The van der Waals surface area contributed by atoms with E-state index in [9.17, 15) is 37.6 Å². The van der Waals surface area contributed by atoms with Gasteiger partial charge in [0.05, 0.1) is 29.4 Å². The van der Waals surface area contributed by atoms with Crippen LogP contribution in [0.4, 0.5) is 24.5 Å². The number of Topliss-reactive ketones (excluding diaryl/α,β-unsaturated/α-hetero) is 1. The van der Waals surface area contributed by atoms with Gasteiger partial charge in [0, 0.05) is 50.1 Å². The molecule has 10 nitrogen and oxygen atoms in total. The van der Waals surface area contributed by atoms with Crippen LogP contribution >= 0.6 is 12.2 Å². The second kappa shape index (κ2) is 17.5. The van der Waals surface area contributed by atoms with Gasteiger partial charge in [0.2, 0.25) is 11.8 Å². The molecule has 0 saturated carbocycles. The smallest absolute Gasteiger partial charge is 0.304 e. The Labute approximate surface area is 342 Å². The molecule has 3 aromatic carbocycles. The van der Waals surface area contributed by atoms with Gasteiger partial charge in [0.15, 0.2) is 10.9 Å². The van der Waals surface area contributed by atoms with Gasteiger partial charge >= 0.3 is 6.18 Å². The number of ketones is 1. The number of nitrogens with zero attached hydrogens (tertiary/aromatic N) is 5. The number of hydrogen-bond donors (Lipinski definition) is 1. The van der Waals surface area contributed by atoms with E-state index in [2.05, 4.69) is 29.0 Å². The van der Waals surface area contributed by atoms with E-state index in [1.165, 1.54) is 11.6 Å². The number of carbonyl (C=O) groups excluding carboxylic acids is 4. The number of nitriles is 1. The zero-order chi connectivity index (χ0) is 41.9. The lowest BCUT2D eigenvalue weighted by Crippen LogP contribution is -2.53. The first-order valence-corrected chi connectivity index (χ1v) is 20.2. The van der Waals surface area contributed by atoms with Crippen LogP contribution in [0.25, 0.3) is 0 Å². The molecular formula is C44H49F3N6O4S. The number of rotatable bonds is 13. The topological polar surface area (TPSA) is 117 Å². The molecule has 2 atom stereocenters. The van der Waals surface area contributed by atoms with Crippen LogP contribution in [0.2, 0.25) is 0 Å². The molecule has 3 aliphatic heterocycles. The van der Waals surface area contributed by atoms with E-state index in [1.807, 2.05) is 42.5 Å². The van der Waals surface area contributed by atoms with Crippen molar-refractivity contribution in [1.82, 2.24) is 15.1 Å². The van der Waals surface area contributed by atoms with E-state index in [1.54, 1.807) is 24.8 Å². The molecule has 6 rings (SSSR count). The largest absolute Gasteiger partial charge is 0.417 e. The Morgan fingerprint density at radius 2 is 1.74 bits per heavy atom. The number of halogens is 3. The first kappa shape index (κ1) is 42.6. The fourth-order valence-electron chi connectivity index (χ4n) is 8.38. The average molecular weight is 815 g/mol. The molecule has 3 heterocycles. The third-order valence-corrected chi connectivity index (χ3v) is 11.9. The molecule has 58 heavy (non-hydrogen) atoms. The van der Waals surface area contributed by atoms with Crippen LogP contribution in [-0.2, 0) is 51.0 Å². The van der Waals surface area contributed by atoms with Gasteiger partial charge in [0.25, 0.3) is 5.91 Å². The Morgan fingerprint density at radius 1 is 1.00 bits per heavy atom. The molecule has 0 bridgehead atoms. The number of piperazine rings is 1. The van der Waals surface area contributed by atoms with E-state index in [0.29, 0.717) is 37.9 Å². The number of aryl methyl sites for hydroxylation is 2. The average Bonchev–Trinajstić information content (AvgIpc) is 3.35. The zero-order valence-electron chi connectivity index (χ0n) is 33.3. The minimum Gasteiger partial charge on any atom is -0.304 e. The lowest BCUT2D eigenvalue weighted by molar-refractivity contribution is -0.138. The molecule has 3 saturated heterocycles. The standard InChI is InChI=1S/C44H49F3N6O4S/c1-5-31-23-36(53-42(58)52(41(57)43(53,3)4)35-14-12-34(25-48)38(24-35)44(45,46)47)15-11-32(31)10-7-17-50-18-19-51(28(2)26-50)27-37(54)22-30-9-6-8-29(20-30)21-33-13-16-39(55)49-40(33)56/h6,8-9,11-12,14-15,20,23-24,28,33H,5,7,10,13,16-19,21-22,26-27H2,1-4H3,(H,49,55,56)/t28-,33?/m0/s1. The minimum atomic E-state index is -4.78. The Bertz CT molecular complexity index is 2150. The number of amides is 3. The van der Waals surface area contributed by atoms with Crippen molar-refractivity contribution >= 4 is 52.2 Å². The quantitative estimate of drug-likeness (QED) is 0.155. The van der Waals surface area contributed by atoms with Crippen molar-refractivity contribution in [2.45, 2.75) is 90.4 Å². The summed E-state index contributed by atoms with van der Waals surface area (Å²) in [5.41, 5.74) is 1.99. The van der Waals surface area contributed by atoms with E-state index in [4.69, 9.17) is 12.2 Å². The van der Waals surface area contributed by atoms with Crippen LogP contribution in [0.15, 0.2) is 60.7 Å². The Hall–Kier alpha value is -4.97. The van der Waals surface area contributed by atoms with Crippen molar-refractivity contribution in [3.05, 3.63) is 94.0 Å². The maximum Gasteiger partial charge on any atom is 0.417 e. The second-order valence-electron chi connectivity index (χ2n) is 16.1. The van der Waals surface area contributed by atoms with Crippen molar-refractivity contribution in [1.29, 1.82) is 5.26 Å². The molecule has 3 aromatic rings. The molecule has 14 heteroatoms. The number of alkyl halides is 3.